The molecule has 176 valence electrons. The maximum atomic E-state index is 2.59. The third-order valence-electron chi connectivity index (χ3n) is 6.60. The van der Waals surface area contributed by atoms with Crippen LogP contribution in [0.1, 0.15) is 149 Å². The minimum absolute atomic E-state index is 1.22. The van der Waals surface area contributed by atoms with E-state index in [9.17, 15) is 0 Å². The SMILES string of the molecule is CCCCCCCCCCCc1n(CCCCCC)cc[n+]1CCCCCCCC. The van der Waals surface area contributed by atoms with Gasteiger partial charge in [-0.25, -0.2) is 9.13 Å². The van der Waals surface area contributed by atoms with Gasteiger partial charge >= 0.3 is 0 Å². The van der Waals surface area contributed by atoms with E-state index in [4.69, 9.17) is 0 Å². The van der Waals surface area contributed by atoms with Crippen molar-refractivity contribution in [1.29, 1.82) is 0 Å². The van der Waals surface area contributed by atoms with Crippen LogP contribution >= 0.6 is 0 Å². The first-order valence-corrected chi connectivity index (χ1v) is 13.9. The predicted octanol–water partition coefficient (Wildman–Crippen LogP) is 8.79. The number of hydrogen-bond acceptors (Lipinski definition) is 0. The Morgan fingerprint density at radius 2 is 1.03 bits per heavy atom. The van der Waals surface area contributed by atoms with Crippen LogP contribution in [-0.4, -0.2) is 4.57 Å². The van der Waals surface area contributed by atoms with Crippen molar-refractivity contribution in [1.82, 2.24) is 4.57 Å². The molecule has 1 aromatic heterocycles. The second kappa shape index (κ2) is 20.1. The Balaban J connectivity index is 2.37. The number of aromatic nitrogens is 2. The molecule has 0 bridgehead atoms. The van der Waals surface area contributed by atoms with Gasteiger partial charge in [0.15, 0.2) is 0 Å². The Morgan fingerprint density at radius 3 is 1.60 bits per heavy atom. The molecule has 0 aromatic carbocycles. The molecule has 0 aliphatic rings. The third-order valence-corrected chi connectivity index (χ3v) is 6.60. The predicted molar refractivity (Wildman–Crippen MR) is 133 cm³/mol. The highest BCUT2D eigenvalue weighted by molar-refractivity contribution is 4.84. The zero-order valence-electron chi connectivity index (χ0n) is 21.1. The van der Waals surface area contributed by atoms with E-state index in [1.54, 1.807) is 5.82 Å². The van der Waals surface area contributed by atoms with E-state index in [0.29, 0.717) is 0 Å². The van der Waals surface area contributed by atoms with Crippen LogP contribution in [0.4, 0.5) is 0 Å². The van der Waals surface area contributed by atoms with Gasteiger partial charge in [-0.2, -0.15) is 0 Å². The number of nitrogens with zero attached hydrogens (tertiary/aromatic N) is 2. The summed E-state index contributed by atoms with van der Waals surface area (Å²) in [6.07, 6.45) is 32.5. The van der Waals surface area contributed by atoms with Gasteiger partial charge in [0.05, 0.1) is 13.1 Å². The molecule has 0 saturated carbocycles. The first-order valence-electron chi connectivity index (χ1n) is 13.9. The van der Waals surface area contributed by atoms with Gasteiger partial charge in [0.2, 0.25) is 0 Å². The lowest BCUT2D eigenvalue weighted by Crippen LogP contribution is -2.37. The number of unbranched alkanes of at least 4 members (excludes halogenated alkanes) is 16. The van der Waals surface area contributed by atoms with Gasteiger partial charge in [0, 0.05) is 6.42 Å². The summed E-state index contributed by atoms with van der Waals surface area (Å²) in [6, 6.07) is 0. The Kier molecular flexibility index (Phi) is 18.3. The van der Waals surface area contributed by atoms with E-state index in [0.717, 1.165) is 0 Å². The highest BCUT2D eigenvalue weighted by atomic mass is 15.1. The van der Waals surface area contributed by atoms with Gasteiger partial charge in [0.1, 0.15) is 12.4 Å². The summed E-state index contributed by atoms with van der Waals surface area (Å²) < 4.78 is 5.17. The first-order chi connectivity index (χ1) is 14.8. The molecule has 1 rings (SSSR count). The summed E-state index contributed by atoms with van der Waals surface area (Å²) in [5, 5.41) is 0. The average molecular weight is 420 g/mol. The second-order valence-electron chi connectivity index (χ2n) is 9.51. The van der Waals surface area contributed by atoms with Crippen LogP contribution in [0.2, 0.25) is 0 Å². The van der Waals surface area contributed by atoms with Crippen molar-refractivity contribution in [2.24, 2.45) is 0 Å². The standard InChI is InChI=1S/C28H55N2/c1-4-7-10-13-15-16-17-18-20-23-28-29(24-21-12-9-6-3)26-27-30(28)25-22-19-14-11-8-5-2/h26-27H,4-25H2,1-3H3/q+1. The third kappa shape index (κ3) is 13.5. The summed E-state index contributed by atoms with van der Waals surface area (Å²) in [5.74, 6) is 1.60. The van der Waals surface area contributed by atoms with Crippen molar-refractivity contribution >= 4 is 0 Å². The van der Waals surface area contributed by atoms with E-state index in [2.05, 4.69) is 42.3 Å². The zero-order chi connectivity index (χ0) is 21.7. The van der Waals surface area contributed by atoms with Gasteiger partial charge in [-0.1, -0.05) is 111 Å². The Hall–Kier alpha value is -0.790. The lowest BCUT2D eigenvalue weighted by atomic mass is 10.1. The molecule has 30 heavy (non-hydrogen) atoms. The van der Waals surface area contributed by atoms with Crippen LogP contribution in [0.5, 0.6) is 0 Å². The quantitative estimate of drug-likeness (QED) is 0.131. The zero-order valence-corrected chi connectivity index (χ0v) is 21.1. The summed E-state index contributed by atoms with van der Waals surface area (Å²) in [4.78, 5) is 0. The average Bonchev–Trinajstić information content (AvgIpc) is 3.14. The van der Waals surface area contributed by atoms with Gasteiger partial charge in [0.25, 0.3) is 5.82 Å². The fraction of sp³-hybridized carbons (Fsp3) is 0.893. The Morgan fingerprint density at radius 1 is 0.567 bits per heavy atom. The molecule has 0 spiro atoms. The Bertz CT molecular complexity index is 477. The fourth-order valence-electron chi connectivity index (χ4n) is 4.56. The monoisotopic (exact) mass is 419 g/mol. The molecule has 1 aromatic rings. The maximum Gasteiger partial charge on any atom is 0.256 e. The maximum absolute atomic E-state index is 2.59. The molecule has 0 atom stereocenters. The summed E-state index contributed by atoms with van der Waals surface area (Å²) >= 11 is 0. The van der Waals surface area contributed by atoms with E-state index in [-0.39, 0.29) is 0 Å². The van der Waals surface area contributed by atoms with Gasteiger partial charge in [-0.15, -0.1) is 0 Å². The van der Waals surface area contributed by atoms with Crippen molar-refractivity contribution in [2.45, 2.75) is 162 Å². The van der Waals surface area contributed by atoms with Crippen LogP contribution in [0.25, 0.3) is 0 Å². The Labute approximate surface area is 189 Å². The smallest absolute Gasteiger partial charge is 0.234 e. The number of rotatable bonds is 22. The lowest BCUT2D eigenvalue weighted by Gasteiger charge is -2.07. The van der Waals surface area contributed by atoms with Crippen LogP contribution in [-0.2, 0) is 19.5 Å². The normalized spacial score (nSPS) is 11.4. The number of aryl methyl sites for hydroxylation is 2. The molecule has 0 radical (unpaired) electrons. The van der Waals surface area contributed by atoms with Crippen molar-refractivity contribution in [3.63, 3.8) is 0 Å². The number of hydrogen-bond donors (Lipinski definition) is 0. The second-order valence-corrected chi connectivity index (χ2v) is 9.51. The minimum atomic E-state index is 1.22. The highest BCUT2D eigenvalue weighted by Gasteiger charge is 2.16. The molecule has 1 heterocycles. The summed E-state index contributed by atoms with van der Waals surface area (Å²) in [5.41, 5.74) is 0. The topological polar surface area (TPSA) is 8.81 Å². The van der Waals surface area contributed by atoms with Crippen LogP contribution in [0, 0.1) is 0 Å². The van der Waals surface area contributed by atoms with Crippen LogP contribution < -0.4 is 4.57 Å². The number of imidazole rings is 1. The molecule has 0 saturated heterocycles. The molecular formula is C28H55N2+. The van der Waals surface area contributed by atoms with Gasteiger partial charge < -0.3 is 0 Å². The fourth-order valence-corrected chi connectivity index (χ4v) is 4.56. The van der Waals surface area contributed by atoms with Gasteiger partial charge in [-0.05, 0) is 32.1 Å². The molecule has 0 N–H and O–H groups in total. The molecule has 0 aliphatic carbocycles. The van der Waals surface area contributed by atoms with Crippen LogP contribution in [0.15, 0.2) is 12.4 Å². The van der Waals surface area contributed by atoms with Crippen molar-refractivity contribution in [3.05, 3.63) is 18.2 Å². The van der Waals surface area contributed by atoms with Crippen molar-refractivity contribution in [3.8, 4) is 0 Å². The summed E-state index contributed by atoms with van der Waals surface area (Å²) in [6.45, 7) is 9.35. The first kappa shape index (κ1) is 27.2. The lowest BCUT2D eigenvalue weighted by molar-refractivity contribution is -0.704. The molecule has 0 unspecified atom stereocenters. The highest BCUT2D eigenvalue weighted by Crippen LogP contribution is 2.12. The van der Waals surface area contributed by atoms with Gasteiger partial charge in [-0.3, -0.25) is 0 Å². The molecule has 2 nitrogen and oxygen atoms in total. The molecule has 2 heteroatoms. The largest absolute Gasteiger partial charge is 0.256 e. The minimum Gasteiger partial charge on any atom is -0.234 e. The van der Waals surface area contributed by atoms with E-state index < -0.39 is 0 Å². The molecule has 0 aliphatic heterocycles. The van der Waals surface area contributed by atoms with E-state index in [1.165, 1.54) is 142 Å². The molecule has 0 fully saturated rings. The van der Waals surface area contributed by atoms with E-state index in [1.807, 2.05) is 0 Å². The van der Waals surface area contributed by atoms with E-state index >= 15 is 0 Å². The summed E-state index contributed by atoms with van der Waals surface area (Å²) in [7, 11) is 0. The molecular weight excluding hydrogens is 364 g/mol. The molecule has 0 amide bonds. The van der Waals surface area contributed by atoms with Crippen molar-refractivity contribution < 1.29 is 4.57 Å². The van der Waals surface area contributed by atoms with Crippen molar-refractivity contribution in [2.75, 3.05) is 0 Å². The van der Waals surface area contributed by atoms with Crippen LogP contribution in [0.3, 0.4) is 0 Å².